The molecule has 0 spiro atoms. The summed E-state index contributed by atoms with van der Waals surface area (Å²) in [6.45, 7) is 3.07. The molecule has 3 heterocycles. The van der Waals surface area contributed by atoms with Gasteiger partial charge in [-0.2, -0.15) is 4.98 Å². The molecule has 24 heavy (non-hydrogen) atoms. The van der Waals surface area contributed by atoms with Crippen molar-refractivity contribution >= 4 is 17.2 Å². The number of amides is 1. The van der Waals surface area contributed by atoms with Crippen LogP contribution < -0.4 is 0 Å². The standard InChI is InChI=1S/C18H17N3O2S/c1-12-19-17(23-20-12)15-11-21(18(22)16-8-5-9-24-16)10-14(15)13-6-3-2-4-7-13/h2-9,14-15H,10-11H2,1H3. The summed E-state index contributed by atoms with van der Waals surface area (Å²) < 4.78 is 5.42. The number of carbonyl (C=O) groups is 1. The topological polar surface area (TPSA) is 59.2 Å². The van der Waals surface area contributed by atoms with Crippen LogP contribution in [0.25, 0.3) is 0 Å². The van der Waals surface area contributed by atoms with Crippen molar-refractivity contribution in [3.63, 3.8) is 0 Å². The van der Waals surface area contributed by atoms with E-state index in [1.807, 2.05) is 47.5 Å². The van der Waals surface area contributed by atoms with Gasteiger partial charge in [0, 0.05) is 19.0 Å². The van der Waals surface area contributed by atoms with Crippen LogP contribution in [0.5, 0.6) is 0 Å². The molecular weight excluding hydrogens is 322 g/mol. The molecule has 6 heteroatoms. The maximum Gasteiger partial charge on any atom is 0.263 e. The van der Waals surface area contributed by atoms with E-state index < -0.39 is 0 Å². The molecule has 5 nitrogen and oxygen atoms in total. The molecule has 1 aliphatic rings. The first kappa shape index (κ1) is 15.1. The zero-order chi connectivity index (χ0) is 16.5. The molecule has 4 rings (SSSR count). The van der Waals surface area contributed by atoms with Gasteiger partial charge in [-0.15, -0.1) is 11.3 Å². The molecule has 0 aliphatic carbocycles. The molecule has 1 saturated heterocycles. The largest absolute Gasteiger partial charge is 0.339 e. The maximum absolute atomic E-state index is 12.7. The van der Waals surface area contributed by atoms with Gasteiger partial charge in [0.15, 0.2) is 5.82 Å². The van der Waals surface area contributed by atoms with Crippen molar-refractivity contribution in [3.8, 4) is 0 Å². The normalized spacial score (nSPS) is 20.5. The lowest BCUT2D eigenvalue weighted by Gasteiger charge is -2.15. The molecule has 0 N–H and O–H groups in total. The maximum atomic E-state index is 12.7. The number of aromatic nitrogens is 2. The van der Waals surface area contributed by atoms with Crippen molar-refractivity contribution in [2.75, 3.05) is 13.1 Å². The van der Waals surface area contributed by atoms with Gasteiger partial charge in [-0.25, -0.2) is 0 Å². The summed E-state index contributed by atoms with van der Waals surface area (Å²) in [5.74, 6) is 1.50. The SMILES string of the molecule is Cc1noc(C2CN(C(=O)c3cccs3)CC2c2ccccc2)n1. The summed E-state index contributed by atoms with van der Waals surface area (Å²) in [7, 11) is 0. The van der Waals surface area contributed by atoms with Gasteiger partial charge in [-0.3, -0.25) is 4.79 Å². The summed E-state index contributed by atoms with van der Waals surface area (Å²) in [6, 6.07) is 14.0. The molecule has 1 fully saturated rings. The van der Waals surface area contributed by atoms with E-state index in [2.05, 4.69) is 22.3 Å². The first-order valence-electron chi connectivity index (χ1n) is 7.90. The Morgan fingerprint density at radius 1 is 1.17 bits per heavy atom. The number of thiophene rings is 1. The smallest absolute Gasteiger partial charge is 0.263 e. The predicted molar refractivity (Wildman–Crippen MR) is 91.2 cm³/mol. The van der Waals surface area contributed by atoms with E-state index in [-0.39, 0.29) is 17.7 Å². The van der Waals surface area contributed by atoms with Crippen molar-refractivity contribution in [1.29, 1.82) is 0 Å². The zero-order valence-electron chi connectivity index (χ0n) is 13.3. The lowest BCUT2D eigenvalue weighted by molar-refractivity contribution is 0.0793. The Balaban J connectivity index is 1.66. The summed E-state index contributed by atoms with van der Waals surface area (Å²) >= 11 is 1.47. The monoisotopic (exact) mass is 339 g/mol. The fraction of sp³-hybridized carbons (Fsp3) is 0.278. The molecule has 0 radical (unpaired) electrons. The Morgan fingerprint density at radius 3 is 2.62 bits per heavy atom. The fourth-order valence-corrected chi connectivity index (χ4v) is 3.97. The molecule has 0 bridgehead atoms. The highest BCUT2D eigenvalue weighted by Gasteiger charge is 2.40. The number of rotatable bonds is 3. The first-order chi connectivity index (χ1) is 11.7. The molecule has 2 aromatic heterocycles. The molecule has 0 saturated carbocycles. The van der Waals surface area contributed by atoms with Crippen LogP contribution in [0.15, 0.2) is 52.4 Å². The van der Waals surface area contributed by atoms with E-state index in [4.69, 9.17) is 4.52 Å². The Bertz CT molecular complexity index is 829. The van der Waals surface area contributed by atoms with Crippen molar-refractivity contribution < 1.29 is 9.32 Å². The van der Waals surface area contributed by atoms with Crippen LogP contribution in [0.1, 0.15) is 38.8 Å². The van der Waals surface area contributed by atoms with Gasteiger partial charge in [-0.05, 0) is 23.9 Å². The zero-order valence-corrected chi connectivity index (χ0v) is 14.1. The lowest BCUT2D eigenvalue weighted by atomic mass is 9.89. The van der Waals surface area contributed by atoms with E-state index >= 15 is 0 Å². The Labute approximate surface area is 143 Å². The summed E-state index contributed by atoms with van der Waals surface area (Å²) in [4.78, 5) is 19.8. The van der Waals surface area contributed by atoms with Crippen LogP contribution in [0, 0.1) is 6.92 Å². The highest BCUT2D eigenvalue weighted by atomic mass is 32.1. The third-order valence-electron chi connectivity index (χ3n) is 4.43. The number of carbonyl (C=O) groups excluding carboxylic acids is 1. The minimum atomic E-state index is 0.0255. The molecule has 122 valence electrons. The van der Waals surface area contributed by atoms with E-state index in [9.17, 15) is 4.79 Å². The second kappa shape index (κ2) is 6.20. The molecule has 1 amide bonds. The van der Waals surface area contributed by atoms with E-state index in [1.165, 1.54) is 16.9 Å². The minimum absolute atomic E-state index is 0.0255. The first-order valence-corrected chi connectivity index (χ1v) is 8.78. The molecular formula is C18H17N3O2S. The highest BCUT2D eigenvalue weighted by molar-refractivity contribution is 7.12. The molecule has 3 aromatic rings. The number of hydrogen-bond acceptors (Lipinski definition) is 5. The van der Waals surface area contributed by atoms with Crippen molar-refractivity contribution in [2.24, 2.45) is 0 Å². The van der Waals surface area contributed by atoms with E-state index in [0.29, 0.717) is 24.8 Å². The van der Waals surface area contributed by atoms with Gasteiger partial charge in [-0.1, -0.05) is 41.6 Å². The predicted octanol–water partition coefficient (Wildman–Crippen LogP) is 3.46. The van der Waals surface area contributed by atoms with Crippen LogP contribution in [0.4, 0.5) is 0 Å². The quantitative estimate of drug-likeness (QED) is 0.733. The van der Waals surface area contributed by atoms with Gasteiger partial charge in [0.2, 0.25) is 5.89 Å². The molecule has 2 unspecified atom stereocenters. The van der Waals surface area contributed by atoms with Gasteiger partial charge >= 0.3 is 0 Å². The number of benzene rings is 1. The van der Waals surface area contributed by atoms with Crippen LogP contribution in [0.3, 0.4) is 0 Å². The minimum Gasteiger partial charge on any atom is -0.339 e. The van der Waals surface area contributed by atoms with Gasteiger partial charge in [0.05, 0.1) is 10.8 Å². The number of likely N-dealkylation sites (tertiary alicyclic amines) is 1. The number of aryl methyl sites for hydroxylation is 1. The summed E-state index contributed by atoms with van der Waals surface area (Å²) in [6.07, 6.45) is 0. The summed E-state index contributed by atoms with van der Waals surface area (Å²) in [5, 5.41) is 5.85. The Hall–Kier alpha value is -2.47. The number of hydrogen-bond donors (Lipinski definition) is 0. The van der Waals surface area contributed by atoms with Crippen molar-refractivity contribution in [1.82, 2.24) is 15.0 Å². The highest BCUT2D eigenvalue weighted by Crippen LogP contribution is 2.39. The third-order valence-corrected chi connectivity index (χ3v) is 5.29. The van der Waals surface area contributed by atoms with Crippen molar-refractivity contribution in [3.05, 3.63) is 70.0 Å². The van der Waals surface area contributed by atoms with Crippen LogP contribution in [-0.4, -0.2) is 34.0 Å². The van der Waals surface area contributed by atoms with Gasteiger partial charge in [0.1, 0.15) is 0 Å². The van der Waals surface area contributed by atoms with Gasteiger partial charge in [0.25, 0.3) is 5.91 Å². The van der Waals surface area contributed by atoms with Crippen molar-refractivity contribution in [2.45, 2.75) is 18.8 Å². The third kappa shape index (κ3) is 2.73. The second-order valence-electron chi connectivity index (χ2n) is 5.99. The Kier molecular flexibility index (Phi) is 3.90. The lowest BCUT2D eigenvalue weighted by Crippen LogP contribution is -2.28. The van der Waals surface area contributed by atoms with Crippen LogP contribution >= 0.6 is 11.3 Å². The Morgan fingerprint density at radius 2 is 1.96 bits per heavy atom. The molecule has 1 aromatic carbocycles. The average Bonchev–Trinajstić information content (AvgIpc) is 3.35. The second-order valence-corrected chi connectivity index (χ2v) is 6.94. The van der Waals surface area contributed by atoms with E-state index in [0.717, 1.165) is 4.88 Å². The van der Waals surface area contributed by atoms with E-state index in [1.54, 1.807) is 0 Å². The fourth-order valence-electron chi connectivity index (χ4n) is 3.28. The number of nitrogens with zero attached hydrogens (tertiary/aromatic N) is 3. The molecule has 2 atom stereocenters. The summed E-state index contributed by atoms with van der Waals surface area (Å²) in [5.41, 5.74) is 1.19. The van der Waals surface area contributed by atoms with Crippen LogP contribution in [0.2, 0.25) is 0 Å². The van der Waals surface area contributed by atoms with Crippen LogP contribution in [-0.2, 0) is 0 Å². The average molecular weight is 339 g/mol. The van der Waals surface area contributed by atoms with Gasteiger partial charge < -0.3 is 9.42 Å². The molecule has 1 aliphatic heterocycles.